The first-order valence-electron chi connectivity index (χ1n) is 8.20. The molecule has 3 aliphatic rings. The number of hydrogen-bond donors (Lipinski definition) is 0. The molecule has 3 fully saturated rings. The molecule has 3 atom stereocenters. The molecule has 0 radical (unpaired) electrons. The van der Waals surface area contributed by atoms with Gasteiger partial charge in [-0.15, -0.1) is 0 Å². The average Bonchev–Trinajstić information content (AvgIpc) is 3.18. The first-order chi connectivity index (χ1) is 11.6. The minimum absolute atomic E-state index is 0.0127. The Bertz CT molecular complexity index is 818. The van der Waals surface area contributed by atoms with Gasteiger partial charge < -0.3 is 4.74 Å². The normalized spacial score (nSPS) is 35.4. The van der Waals surface area contributed by atoms with Crippen molar-refractivity contribution in [2.24, 2.45) is 11.3 Å². The van der Waals surface area contributed by atoms with E-state index in [1.54, 1.807) is 6.92 Å². The molecule has 0 aliphatic carbocycles. The van der Waals surface area contributed by atoms with Crippen molar-refractivity contribution < 1.29 is 26.4 Å². The fourth-order valence-corrected chi connectivity index (χ4v) is 8.30. The van der Waals surface area contributed by atoms with E-state index in [4.69, 9.17) is 4.74 Å². The third-order valence-corrected chi connectivity index (χ3v) is 9.03. The van der Waals surface area contributed by atoms with Crippen LogP contribution in [0.5, 0.6) is 0 Å². The summed E-state index contributed by atoms with van der Waals surface area (Å²) in [6.45, 7) is 1.88. The van der Waals surface area contributed by atoms with E-state index in [1.165, 1.54) is 0 Å². The summed E-state index contributed by atoms with van der Waals surface area (Å²) in [7, 11) is -7.29. The molecule has 0 saturated carbocycles. The molecule has 3 rings (SSSR count). The number of nitrogens with zero attached hydrogens (tertiary/aromatic N) is 3. The highest BCUT2D eigenvalue weighted by atomic mass is 32.2. The van der Waals surface area contributed by atoms with Gasteiger partial charge in [0.1, 0.15) is 6.04 Å². The van der Waals surface area contributed by atoms with Gasteiger partial charge >= 0.3 is 5.97 Å². The van der Waals surface area contributed by atoms with Crippen LogP contribution in [-0.2, 0) is 29.6 Å². The zero-order valence-electron chi connectivity index (χ0n) is 13.9. The maximum absolute atomic E-state index is 13.0. The smallest absolute Gasteiger partial charge is 0.324 e. The van der Waals surface area contributed by atoms with E-state index < -0.39 is 43.4 Å². The number of nitriles is 1. The van der Waals surface area contributed by atoms with Crippen LogP contribution in [0.15, 0.2) is 0 Å². The van der Waals surface area contributed by atoms with Crippen molar-refractivity contribution in [3.8, 4) is 6.07 Å². The van der Waals surface area contributed by atoms with E-state index in [-0.39, 0.29) is 37.7 Å². The Hall–Kier alpha value is -1.22. The molecule has 0 bridgehead atoms. The highest BCUT2D eigenvalue weighted by molar-refractivity contribution is 7.91. The zero-order chi connectivity index (χ0) is 18.5. The van der Waals surface area contributed by atoms with E-state index in [0.29, 0.717) is 12.8 Å². The zero-order valence-corrected chi connectivity index (χ0v) is 15.6. The van der Waals surface area contributed by atoms with Gasteiger partial charge in [-0.25, -0.2) is 8.42 Å². The summed E-state index contributed by atoms with van der Waals surface area (Å²) in [6, 6.07) is 1.19. The van der Waals surface area contributed by atoms with Gasteiger partial charge in [-0.1, -0.05) is 0 Å². The van der Waals surface area contributed by atoms with Crippen LogP contribution in [0, 0.1) is 22.7 Å². The van der Waals surface area contributed by atoms with Gasteiger partial charge in [0.05, 0.1) is 29.6 Å². The molecule has 0 N–H and O–H groups in total. The summed E-state index contributed by atoms with van der Waals surface area (Å²) in [5.41, 5.74) is -1.19. The molecule has 140 valence electrons. The standard InChI is InChI=1S/C14H21N3O6S2/c1-2-23-13(18)12-4-3-5-17(12)25(21,22)16-6-11-7-24(19,20)10-14(11,8-15)9-16/h11-12H,2-7,9-10H2,1H3/t11-,12?,14+/m1/s1. The maximum Gasteiger partial charge on any atom is 0.324 e. The molecule has 3 heterocycles. The van der Waals surface area contributed by atoms with Crippen LogP contribution in [0.2, 0.25) is 0 Å². The predicted molar refractivity (Wildman–Crippen MR) is 87.0 cm³/mol. The summed E-state index contributed by atoms with van der Waals surface area (Å²) < 4.78 is 56.9. The van der Waals surface area contributed by atoms with Gasteiger partial charge in [-0.3, -0.25) is 4.79 Å². The molecule has 1 unspecified atom stereocenters. The number of carbonyl (C=O) groups is 1. The Morgan fingerprint density at radius 3 is 2.76 bits per heavy atom. The Labute approximate surface area is 147 Å². The molecule has 0 aromatic carbocycles. The lowest BCUT2D eigenvalue weighted by molar-refractivity contribution is -0.146. The molecule has 25 heavy (non-hydrogen) atoms. The largest absolute Gasteiger partial charge is 0.465 e. The topological polar surface area (TPSA) is 125 Å². The summed E-state index contributed by atoms with van der Waals surface area (Å²) in [4.78, 5) is 12.0. The van der Waals surface area contributed by atoms with Crippen LogP contribution in [0.25, 0.3) is 0 Å². The third kappa shape index (κ3) is 3.05. The van der Waals surface area contributed by atoms with Crippen LogP contribution < -0.4 is 0 Å². The number of ether oxygens (including phenoxy) is 1. The van der Waals surface area contributed by atoms with E-state index in [2.05, 4.69) is 0 Å². The highest BCUT2D eigenvalue weighted by Crippen LogP contribution is 2.45. The first kappa shape index (κ1) is 18.6. The molecule has 0 aromatic rings. The molecule has 0 spiro atoms. The van der Waals surface area contributed by atoms with Gasteiger partial charge in [-0.2, -0.15) is 22.3 Å². The Kier molecular flexibility index (Phi) is 4.60. The molecular weight excluding hydrogens is 370 g/mol. The lowest BCUT2D eigenvalue weighted by Gasteiger charge is -2.28. The van der Waals surface area contributed by atoms with Crippen LogP contribution >= 0.6 is 0 Å². The summed E-state index contributed by atoms with van der Waals surface area (Å²) in [5, 5.41) is 9.49. The number of carbonyl (C=O) groups excluding carboxylic acids is 1. The van der Waals surface area contributed by atoms with Crippen LogP contribution in [0.4, 0.5) is 0 Å². The van der Waals surface area contributed by atoms with Crippen molar-refractivity contribution in [2.75, 3.05) is 37.7 Å². The Morgan fingerprint density at radius 2 is 2.16 bits per heavy atom. The Morgan fingerprint density at radius 1 is 1.44 bits per heavy atom. The minimum Gasteiger partial charge on any atom is -0.465 e. The third-order valence-electron chi connectivity index (χ3n) is 5.20. The van der Waals surface area contributed by atoms with Crippen LogP contribution in [0.1, 0.15) is 19.8 Å². The predicted octanol–water partition coefficient (Wildman–Crippen LogP) is -0.871. The molecule has 11 heteroatoms. The lowest BCUT2D eigenvalue weighted by atomic mass is 9.83. The fourth-order valence-electron chi connectivity index (χ4n) is 4.04. The summed E-state index contributed by atoms with van der Waals surface area (Å²) in [6.07, 6.45) is 0.949. The van der Waals surface area contributed by atoms with Gasteiger partial charge in [0.2, 0.25) is 0 Å². The minimum atomic E-state index is -3.96. The van der Waals surface area contributed by atoms with Gasteiger partial charge in [-0.05, 0) is 19.8 Å². The molecule has 3 aliphatic heterocycles. The number of hydrogen-bond acceptors (Lipinski definition) is 7. The molecule has 0 amide bonds. The lowest BCUT2D eigenvalue weighted by Crippen LogP contribution is -2.49. The van der Waals surface area contributed by atoms with Crippen LogP contribution in [-0.4, -0.2) is 75.2 Å². The van der Waals surface area contributed by atoms with Gasteiger partial charge in [0.25, 0.3) is 10.2 Å². The van der Waals surface area contributed by atoms with Crippen molar-refractivity contribution in [3.05, 3.63) is 0 Å². The number of sulfone groups is 1. The summed E-state index contributed by atoms with van der Waals surface area (Å²) >= 11 is 0. The van der Waals surface area contributed by atoms with E-state index >= 15 is 0 Å². The maximum atomic E-state index is 13.0. The monoisotopic (exact) mass is 391 g/mol. The van der Waals surface area contributed by atoms with E-state index in [9.17, 15) is 26.9 Å². The molecule has 9 nitrogen and oxygen atoms in total. The molecule has 3 saturated heterocycles. The number of rotatable bonds is 4. The van der Waals surface area contributed by atoms with Gasteiger partial charge in [0.15, 0.2) is 9.84 Å². The number of esters is 1. The van der Waals surface area contributed by atoms with E-state index in [1.807, 2.05) is 6.07 Å². The van der Waals surface area contributed by atoms with Crippen molar-refractivity contribution in [3.63, 3.8) is 0 Å². The van der Waals surface area contributed by atoms with Crippen molar-refractivity contribution in [1.82, 2.24) is 8.61 Å². The van der Waals surface area contributed by atoms with Crippen LogP contribution in [0.3, 0.4) is 0 Å². The SMILES string of the molecule is CCOC(=O)C1CCCN1S(=O)(=O)N1C[C@@H]2CS(=O)(=O)C[C@]2(C#N)C1. The van der Waals surface area contributed by atoms with Crippen molar-refractivity contribution in [2.45, 2.75) is 25.8 Å². The Balaban J connectivity index is 1.83. The van der Waals surface area contributed by atoms with Gasteiger partial charge in [0, 0.05) is 25.6 Å². The number of fused-ring (bicyclic) bond motifs is 1. The van der Waals surface area contributed by atoms with Crippen molar-refractivity contribution in [1.29, 1.82) is 5.26 Å². The van der Waals surface area contributed by atoms with Crippen molar-refractivity contribution >= 4 is 26.0 Å². The fraction of sp³-hybridized carbons (Fsp3) is 0.857. The second-order valence-electron chi connectivity index (χ2n) is 6.84. The molecule has 0 aromatic heterocycles. The summed E-state index contributed by atoms with van der Waals surface area (Å²) in [5.74, 6) is -1.58. The quantitative estimate of drug-likeness (QED) is 0.570. The average molecular weight is 391 g/mol. The van der Waals surface area contributed by atoms with E-state index in [0.717, 1.165) is 8.61 Å². The second-order valence-corrected chi connectivity index (χ2v) is 10.8. The second kappa shape index (κ2) is 6.19. The molecular formula is C14H21N3O6S2. The highest BCUT2D eigenvalue weighted by Gasteiger charge is 2.59. The first-order valence-corrected chi connectivity index (χ1v) is 11.4.